The molecule has 1 fully saturated rings. The molecule has 0 bridgehead atoms. The normalized spacial score (nSPS) is 16.4. The number of carbonyl (C=O) groups excluding carboxylic acids is 1. The fraction of sp³-hybridized carbons (Fsp3) is 0.462. The zero-order chi connectivity index (χ0) is 12.5. The van der Waals surface area contributed by atoms with Crippen molar-refractivity contribution in [2.24, 2.45) is 5.41 Å². The van der Waals surface area contributed by atoms with E-state index in [0.717, 1.165) is 12.2 Å². The second-order valence-electron chi connectivity index (χ2n) is 4.96. The van der Waals surface area contributed by atoms with Crippen LogP contribution in [0.15, 0.2) is 18.2 Å². The number of anilines is 2. The van der Waals surface area contributed by atoms with Gasteiger partial charge < -0.3 is 15.8 Å². The Morgan fingerprint density at radius 1 is 1.53 bits per heavy atom. The number of ether oxygens (including phenoxy) is 1. The van der Waals surface area contributed by atoms with Crippen molar-refractivity contribution >= 4 is 17.3 Å². The molecule has 1 aliphatic rings. The van der Waals surface area contributed by atoms with Crippen LogP contribution in [0.3, 0.4) is 0 Å². The Kier molecular flexibility index (Phi) is 2.96. The monoisotopic (exact) mass is 234 g/mol. The van der Waals surface area contributed by atoms with Gasteiger partial charge in [0.25, 0.3) is 0 Å². The number of hydrogen-bond donors (Lipinski definition) is 2. The molecule has 1 aliphatic carbocycles. The van der Waals surface area contributed by atoms with E-state index in [1.807, 2.05) is 6.07 Å². The molecule has 0 aliphatic heterocycles. The molecule has 1 saturated carbocycles. The minimum Gasteiger partial charge on any atom is -0.465 e. The summed E-state index contributed by atoms with van der Waals surface area (Å²) >= 11 is 0. The molecular formula is C13H18N2O2. The van der Waals surface area contributed by atoms with E-state index >= 15 is 0 Å². The third-order valence-electron chi connectivity index (χ3n) is 3.26. The van der Waals surface area contributed by atoms with Gasteiger partial charge in [0.05, 0.1) is 12.7 Å². The molecule has 0 heterocycles. The van der Waals surface area contributed by atoms with E-state index in [-0.39, 0.29) is 5.97 Å². The fourth-order valence-corrected chi connectivity index (χ4v) is 1.69. The van der Waals surface area contributed by atoms with E-state index in [4.69, 9.17) is 10.5 Å². The van der Waals surface area contributed by atoms with Gasteiger partial charge in [0.15, 0.2) is 0 Å². The van der Waals surface area contributed by atoms with Gasteiger partial charge >= 0.3 is 5.97 Å². The molecule has 0 radical (unpaired) electrons. The number of hydrogen-bond acceptors (Lipinski definition) is 4. The van der Waals surface area contributed by atoms with Crippen LogP contribution >= 0.6 is 0 Å². The van der Waals surface area contributed by atoms with Crippen LogP contribution in [0.4, 0.5) is 11.4 Å². The summed E-state index contributed by atoms with van der Waals surface area (Å²) in [5.74, 6) is -0.360. The Hall–Kier alpha value is -1.71. The highest BCUT2D eigenvalue weighted by Crippen LogP contribution is 2.44. The molecule has 0 unspecified atom stereocenters. The first kappa shape index (κ1) is 11.8. The highest BCUT2D eigenvalue weighted by atomic mass is 16.5. The number of esters is 1. The number of nitrogen functional groups attached to an aromatic ring is 1. The van der Waals surface area contributed by atoms with Gasteiger partial charge in [-0.05, 0) is 36.5 Å². The summed E-state index contributed by atoms with van der Waals surface area (Å²) < 4.78 is 4.75. The van der Waals surface area contributed by atoms with Gasteiger partial charge in [-0.1, -0.05) is 6.92 Å². The summed E-state index contributed by atoms with van der Waals surface area (Å²) in [6, 6.07) is 5.25. The van der Waals surface area contributed by atoms with Crippen LogP contribution in [0, 0.1) is 5.41 Å². The largest absolute Gasteiger partial charge is 0.465 e. The maximum atomic E-state index is 11.6. The standard InChI is InChI=1S/C13H18N2O2/c1-13(5-6-13)8-15-11-4-3-9(14)7-10(11)12(16)17-2/h3-4,7,15H,5-6,8,14H2,1-2H3. The molecule has 0 spiro atoms. The van der Waals surface area contributed by atoms with E-state index in [2.05, 4.69) is 12.2 Å². The summed E-state index contributed by atoms with van der Waals surface area (Å²) in [5, 5.41) is 3.30. The lowest BCUT2D eigenvalue weighted by Crippen LogP contribution is -2.15. The van der Waals surface area contributed by atoms with Crippen LogP contribution in [0.1, 0.15) is 30.1 Å². The lowest BCUT2D eigenvalue weighted by Gasteiger charge is -2.14. The summed E-state index contributed by atoms with van der Waals surface area (Å²) in [6.07, 6.45) is 2.48. The van der Waals surface area contributed by atoms with E-state index in [9.17, 15) is 4.79 Å². The van der Waals surface area contributed by atoms with E-state index < -0.39 is 0 Å². The molecule has 0 aromatic heterocycles. The third kappa shape index (κ3) is 2.70. The molecule has 3 N–H and O–H groups in total. The molecule has 0 saturated heterocycles. The summed E-state index contributed by atoms with van der Waals surface area (Å²) in [5.41, 5.74) is 7.91. The van der Waals surface area contributed by atoms with Gasteiger partial charge in [-0.3, -0.25) is 0 Å². The lowest BCUT2D eigenvalue weighted by molar-refractivity contribution is 0.0602. The maximum absolute atomic E-state index is 11.6. The number of benzene rings is 1. The predicted octanol–water partition coefficient (Wildman–Crippen LogP) is 2.27. The van der Waals surface area contributed by atoms with Gasteiger partial charge in [-0.15, -0.1) is 0 Å². The Labute approximate surface area is 101 Å². The lowest BCUT2D eigenvalue weighted by atomic mass is 10.1. The van der Waals surface area contributed by atoms with Crippen molar-refractivity contribution in [2.75, 3.05) is 24.7 Å². The second-order valence-corrected chi connectivity index (χ2v) is 4.96. The Bertz CT molecular complexity index is 439. The Balaban J connectivity index is 2.16. The Morgan fingerprint density at radius 2 is 2.24 bits per heavy atom. The van der Waals surface area contributed by atoms with Crippen molar-refractivity contribution in [1.82, 2.24) is 0 Å². The van der Waals surface area contributed by atoms with E-state index in [0.29, 0.717) is 16.7 Å². The molecule has 2 rings (SSSR count). The SMILES string of the molecule is COC(=O)c1cc(N)ccc1NCC1(C)CC1. The summed E-state index contributed by atoms with van der Waals surface area (Å²) in [4.78, 5) is 11.6. The van der Waals surface area contributed by atoms with Crippen molar-refractivity contribution < 1.29 is 9.53 Å². The molecule has 4 heteroatoms. The molecular weight excluding hydrogens is 216 g/mol. The molecule has 0 amide bonds. The third-order valence-corrected chi connectivity index (χ3v) is 3.26. The van der Waals surface area contributed by atoms with Crippen LogP contribution < -0.4 is 11.1 Å². The van der Waals surface area contributed by atoms with Gasteiger partial charge in [-0.2, -0.15) is 0 Å². The van der Waals surface area contributed by atoms with Crippen LogP contribution in [-0.4, -0.2) is 19.6 Å². The zero-order valence-corrected chi connectivity index (χ0v) is 10.2. The van der Waals surface area contributed by atoms with Crippen LogP contribution in [0.5, 0.6) is 0 Å². The van der Waals surface area contributed by atoms with Crippen LogP contribution in [0.2, 0.25) is 0 Å². The maximum Gasteiger partial charge on any atom is 0.340 e. The van der Waals surface area contributed by atoms with Gasteiger partial charge in [0, 0.05) is 17.9 Å². The van der Waals surface area contributed by atoms with Crippen LogP contribution in [-0.2, 0) is 4.74 Å². The van der Waals surface area contributed by atoms with Crippen molar-refractivity contribution in [2.45, 2.75) is 19.8 Å². The molecule has 92 valence electrons. The molecule has 4 nitrogen and oxygen atoms in total. The summed E-state index contributed by atoms with van der Waals surface area (Å²) in [7, 11) is 1.37. The number of rotatable bonds is 4. The van der Waals surface area contributed by atoms with Gasteiger partial charge in [0.1, 0.15) is 0 Å². The number of nitrogens with one attached hydrogen (secondary N) is 1. The van der Waals surface area contributed by atoms with Crippen molar-refractivity contribution in [3.63, 3.8) is 0 Å². The zero-order valence-electron chi connectivity index (χ0n) is 10.2. The average Bonchev–Trinajstić information content (AvgIpc) is 3.05. The van der Waals surface area contributed by atoms with Gasteiger partial charge in [-0.25, -0.2) is 4.79 Å². The molecule has 1 aromatic rings. The topological polar surface area (TPSA) is 64.3 Å². The first-order valence-electron chi connectivity index (χ1n) is 5.76. The average molecular weight is 234 g/mol. The molecule has 17 heavy (non-hydrogen) atoms. The first-order chi connectivity index (χ1) is 8.04. The number of nitrogens with two attached hydrogens (primary N) is 1. The van der Waals surface area contributed by atoms with E-state index in [1.54, 1.807) is 12.1 Å². The molecule has 1 aromatic carbocycles. The highest BCUT2D eigenvalue weighted by Gasteiger charge is 2.36. The first-order valence-corrected chi connectivity index (χ1v) is 5.76. The fourth-order valence-electron chi connectivity index (χ4n) is 1.69. The summed E-state index contributed by atoms with van der Waals surface area (Å²) in [6.45, 7) is 3.11. The quantitative estimate of drug-likeness (QED) is 0.619. The number of methoxy groups -OCH3 is 1. The van der Waals surface area contributed by atoms with Crippen molar-refractivity contribution in [3.05, 3.63) is 23.8 Å². The second kappa shape index (κ2) is 4.28. The van der Waals surface area contributed by atoms with Crippen molar-refractivity contribution in [1.29, 1.82) is 0 Å². The minimum atomic E-state index is -0.360. The van der Waals surface area contributed by atoms with Gasteiger partial charge in [0.2, 0.25) is 0 Å². The van der Waals surface area contributed by atoms with Crippen molar-refractivity contribution in [3.8, 4) is 0 Å². The Morgan fingerprint density at radius 3 is 2.82 bits per heavy atom. The predicted molar refractivity (Wildman–Crippen MR) is 68.0 cm³/mol. The molecule has 0 atom stereocenters. The number of carbonyl (C=O) groups is 1. The highest BCUT2D eigenvalue weighted by molar-refractivity contribution is 5.96. The smallest absolute Gasteiger partial charge is 0.340 e. The van der Waals surface area contributed by atoms with E-state index in [1.165, 1.54) is 20.0 Å². The minimum absolute atomic E-state index is 0.360. The van der Waals surface area contributed by atoms with Crippen LogP contribution in [0.25, 0.3) is 0 Å².